The van der Waals surface area contributed by atoms with E-state index in [4.69, 9.17) is 0 Å². The van der Waals surface area contributed by atoms with Crippen molar-refractivity contribution in [1.29, 1.82) is 0 Å². The molecule has 3 nitrogen and oxygen atoms in total. The largest absolute Gasteiger partial charge is 0.382 e. The van der Waals surface area contributed by atoms with Crippen LogP contribution in [0, 0.1) is 0 Å². The van der Waals surface area contributed by atoms with Crippen LogP contribution in [-0.4, -0.2) is 26.5 Å². The molecule has 1 N–H and O–H groups in total. The van der Waals surface area contributed by atoms with Crippen molar-refractivity contribution in [2.24, 2.45) is 0 Å². The first-order valence-corrected chi connectivity index (χ1v) is 9.14. The van der Waals surface area contributed by atoms with Crippen LogP contribution >= 0.6 is 47.8 Å². The number of hydrogen-bond donors (Lipinski definition) is 1. The molecule has 7 heteroatoms. The molecule has 0 atom stereocenters. The number of hydrogen-bond acceptors (Lipinski definition) is 3. The summed E-state index contributed by atoms with van der Waals surface area (Å²) in [6.45, 7) is 2.05. The maximum atomic E-state index is 11.3. The summed E-state index contributed by atoms with van der Waals surface area (Å²) < 4.78 is 25.4. The van der Waals surface area contributed by atoms with Crippen LogP contribution in [0.1, 0.15) is 6.92 Å². The molecular formula is C10H12Br3NO2S. The van der Waals surface area contributed by atoms with Crippen molar-refractivity contribution in [3.8, 4) is 0 Å². The topological polar surface area (TPSA) is 46.2 Å². The minimum absolute atomic E-state index is 0.137. The van der Waals surface area contributed by atoms with Gasteiger partial charge in [-0.1, -0.05) is 22.9 Å². The van der Waals surface area contributed by atoms with Crippen LogP contribution in [0.4, 0.5) is 5.69 Å². The van der Waals surface area contributed by atoms with Crippen LogP contribution in [-0.2, 0) is 9.84 Å². The molecule has 0 saturated carbocycles. The van der Waals surface area contributed by atoms with Gasteiger partial charge < -0.3 is 5.32 Å². The van der Waals surface area contributed by atoms with Crippen molar-refractivity contribution in [3.63, 3.8) is 0 Å². The number of nitrogens with one attached hydrogen (secondary N) is 1. The third kappa shape index (κ3) is 4.89. The van der Waals surface area contributed by atoms with E-state index in [0.29, 0.717) is 6.54 Å². The molecule has 0 heterocycles. The van der Waals surface area contributed by atoms with Crippen LogP contribution in [0.15, 0.2) is 25.6 Å². The van der Waals surface area contributed by atoms with E-state index in [2.05, 4.69) is 53.1 Å². The van der Waals surface area contributed by atoms with E-state index in [9.17, 15) is 8.42 Å². The maximum absolute atomic E-state index is 11.3. The molecule has 0 radical (unpaired) electrons. The summed E-state index contributed by atoms with van der Waals surface area (Å²) in [7, 11) is -2.93. The Balaban J connectivity index is 2.71. The van der Waals surface area contributed by atoms with Crippen molar-refractivity contribution < 1.29 is 8.42 Å². The lowest BCUT2D eigenvalue weighted by molar-refractivity contribution is 0.597. The molecule has 0 bridgehead atoms. The third-order valence-electron chi connectivity index (χ3n) is 2.16. The quantitative estimate of drug-likeness (QED) is 0.743. The Morgan fingerprint density at radius 3 is 2.18 bits per heavy atom. The van der Waals surface area contributed by atoms with Gasteiger partial charge in [-0.25, -0.2) is 8.42 Å². The summed E-state index contributed by atoms with van der Waals surface area (Å²) in [6, 6.07) is 3.81. The molecule has 0 aromatic heterocycles. The van der Waals surface area contributed by atoms with E-state index in [1.807, 2.05) is 12.1 Å². The van der Waals surface area contributed by atoms with Gasteiger partial charge in [-0.05, 0) is 44.0 Å². The summed E-state index contributed by atoms with van der Waals surface area (Å²) in [5, 5.41) is 3.11. The number of halogens is 3. The molecule has 96 valence electrons. The average Bonchev–Trinajstić information content (AvgIpc) is 2.22. The van der Waals surface area contributed by atoms with Crippen molar-refractivity contribution >= 4 is 63.3 Å². The molecule has 1 aromatic carbocycles. The fourth-order valence-electron chi connectivity index (χ4n) is 1.19. The first-order chi connectivity index (χ1) is 7.85. The predicted molar refractivity (Wildman–Crippen MR) is 82.4 cm³/mol. The highest BCUT2D eigenvalue weighted by atomic mass is 79.9. The van der Waals surface area contributed by atoms with Gasteiger partial charge in [0, 0.05) is 25.7 Å². The minimum atomic E-state index is -2.93. The molecule has 0 unspecified atom stereocenters. The maximum Gasteiger partial charge on any atom is 0.151 e. The Kier molecular flexibility index (Phi) is 5.95. The molecule has 0 aliphatic carbocycles. The van der Waals surface area contributed by atoms with E-state index in [-0.39, 0.29) is 11.5 Å². The Labute approximate surface area is 127 Å². The molecule has 1 aromatic rings. The third-order valence-corrected chi connectivity index (χ3v) is 5.58. The van der Waals surface area contributed by atoms with Crippen LogP contribution in [0.2, 0.25) is 0 Å². The summed E-state index contributed by atoms with van der Waals surface area (Å²) in [5.41, 5.74) is 0.861. The molecule has 17 heavy (non-hydrogen) atoms. The zero-order valence-corrected chi connectivity index (χ0v) is 14.7. The van der Waals surface area contributed by atoms with Crippen molar-refractivity contribution in [2.45, 2.75) is 6.92 Å². The number of rotatable bonds is 5. The lowest BCUT2D eigenvalue weighted by atomic mass is 10.3. The standard InChI is InChI=1S/C10H12Br3NO2S/c1-2-17(15,16)4-3-14-10-8(12)5-7(11)6-9(10)13/h5-6,14H,2-4H2,1H3. The number of benzene rings is 1. The Morgan fingerprint density at radius 1 is 1.18 bits per heavy atom. The molecule has 1 rings (SSSR count). The molecule has 0 saturated heterocycles. The van der Waals surface area contributed by atoms with E-state index >= 15 is 0 Å². The van der Waals surface area contributed by atoms with Crippen molar-refractivity contribution in [3.05, 3.63) is 25.6 Å². The second-order valence-corrected chi connectivity index (χ2v) is 8.50. The van der Waals surface area contributed by atoms with Gasteiger partial charge in [0.1, 0.15) is 0 Å². The Hall–Kier alpha value is 0.410. The van der Waals surface area contributed by atoms with Gasteiger partial charge >= 0.3 is 0 Å². The summed E-state index contributed by atoms with van der Waals surface area (Å²) >= 11 is 10.2. The molecule has 0 fully saturated rings. The van der Waals surface area contributed by atoms with Gasteiger partial charge in [0.15, 0.2) is 9.84 Å². The zero-order chi connectivity index (χ0) is 13.1. The Morgan fingerprint density at radius 2 is 1.71 bits per heavy atom. The molecule has 0 amide bonds. The highest BCUT2D eigenvalue weighted by molar-refractivity contribution is 9.11. The predicted octanol–water partition coefficient (Wildman–Crippen LogP) is 3.82. The second-order valence-electron chi connectivity index (χ2n) is 3.41. The highest BCUT2D eigenvalue weighted by Crippen LogP contribution is 2.34. The highest BCUT2D eigenvalue weighted by Gasteiger charge is 2.09. The molecular weight excluding hydrogens is 438 g/mol. The summed E-state index contributed by atoms with van der Waals surface area (Å²) in [5.74, 6) is 0.315. The smallest absolute Gasteiger partial charge is 0.151 e. The summed E-state index contributed by atoms with van der Waals surface area (Å²) in [6.07, 6.45) is 0. The Bertz CT molecular complexity index is 479. The van der Waals surface area contributed by atoms with Gasteiger partial charge in [-0.3, -0.25) is 0 Å². The molecule has 0 spiro atoms. The van der Waals surface area contributed by atoms with Gasteiger partial charge in [-0.15, -0.1) is 0 Å². The van der Waals surface area contributed by atoms with Gasteiger partial charge in [0.05, 0.1) is 11.4 Å². The number of sulfone groups is 1. The SMILES string of the molecule is CCS(=O)(=O)CCNc1c(Br)cc(Br)cc1Br. The van der Waals surface area contributed by atoms with Crippen LogP contribution in [0.3, 0.4) is 0 Å². The zero-order valence-electron chi connectivity index (χ0n) is 9.13. The van der Waals surface area contributed by atoms with Gasteiger partial charge in [-0.2, -0.15) is 0 Å². The van der Waals surface area contributed by atoms with Crippen LogP contribution in [0.5, 0.6) is 0 Å². The monoisotopic (exact) mass is 447 g/mol. The van der Waals surface area contributed by atoms with Crippen molar-refractivity contribution in [2.75, 3.05) is 23.4 Å². The van der Waals surface area contributed by atoms with Gasteiger partial charge in [0.25, 0.3) is 0 Å². The minimum Gasteiger partial charge on any atom is -0.382 e. The summed E-state index contributed by atoms with van der Waals surface area (Å²) in [4.78, 5) is 0. The van der Waals surface area contributed by atoms with Crippen LogP contribution < -0.4 is 5.32 Å². The lowest BCUT2D eigenvalue weighted by Gasteiger charge is -2.11. The fourth-order valence-corrected chi connectivity index (χ4v) is 4.43. The van der Waals surface area contributed by atoms with Crippen LogP contribution in [0.25, 0.3) is 0 Å². The fraction of sp³-hybridized carbons (Fsp3) is 0.400. The van der Waals surface area contributed by atoms with Crippen molar-refractivity contribution in [1.82, 2.24) is 0 Å². The second kappa shape index (κ2) is 6.54. The first-order valence-electron chi connectivity index (χ1n) is 4.94. The van der Waals surface area contributed by atoms with E-state index in [1.54, 1.807) is 6.92 Å². The number of anilines is 1. The average molecular weight is 450 g/mol. The first kappa shape index (κ1) is 15.5. The van der Waals surface area contributed by atoms with E-state index in [1.165, 1.54) is 0 Å². The van der Waals surface area contributed by atoms with E-state index in [0.717, 1.165) is 19.1 Å². The van der Waals surface area contributed by atoms with Gasteiger partial charge in [0.2, 0.25) is 0 Å². The molecule has 0 aliphatic rings. The lowest BCUT2D eigenvalue weighted by Crippen LogP contribution is -2.17. The molecule has 0 aliphatic heterocycles. The normalized spacial score (nSPS) is 11.5. The van der Waals surface area contributed by atoms with E-state index < -0.39 is 9.84 Å².